The first-order valence-electron chi connectivity index (χ1n) is 11.1. The molecular formula is C24H29Cl2N3O4S. The Hall–Kier alpha value is -2.26. The van der Waals surface area contributed by atoms with E-state index >= 15 is 0 Å². The van der Waals surface area contributed by atoms with Crippen molar-refractivity contribution < 1.29 is 19.0 Å². The Morgan fingerprint density at radius 1 is 1.12 bits per heavy atom. The van der Waals surface area contributed by atoms with Crippen molar-refractivity contribution in [2.75, 3.05) is 38.2 Å². The maximum atomic E-state index is 13.8. The number of aromatic nitrogens is 1. The van der Waals surface area contributed by atoms with Gasteiger partial charge in [-0.2, -0.15) is 0 Å². The Morgan fingerprint density at radius 3 is 2.44 bits per heavy atom. The minimum Gasteiger partial charge on any atom is -0.494 e. The number of fused-ring (bicyclic) bond motifs is 2. The summed E-state index contributed by atoms with van der Waals surface area (Å²) in [5.41, 5.74) is 0.643. The van der Waals surface area contributed by atoms with Crippen LogP contribution in [0.3, 0.4) is 0 Å². The second-order valence-electron chi connectivity index (χ2n) is 7.75. The van der Waals surface area contributed by atoms with Crippen molar-refractivity contribution in [3.8, 4) is 17.2 Å². The molecule has 1 aliphatic rings. The number of methoxy groups -OCH3 is 1. The number of thiazole rings is 1. The first-order chi connectivity index (χ1) is 16.0. The summed E-state index contributed by atoms with van der Waals surface area (Å²) >= 11 is 7.82. The SMILES string of the molecule is CCN(CC)CCN(C(=O)C1Oc2ccccc2OC1C)c1nc2c(OC)ccc(Cl)c2s1.Cl. The number of halogens is 2. The lowest BCUT2D eigenvalue weighted by atomic mass is 10.1. The minimum atomic E-state index is -0.791. The molecule has 0 bridgehead atoms. The minimum absolute atomic E-state index is 0. The number of anilines is 1. The van der Waals surface area contributed by atoms with Crippen molar-refractivity contribution >= 4 is 56.6 Å². The number of amides is 1. The van der Waals surface area contributed by atoms with Gasteiger partial charge in [-0.15, -0.1) is 12.4 Å². The molecule has 0 N–H and O–H groups in total. The van der Waals surface area contributed by atoms with Crippen molar-refractivity contribution in [3.63, 3.8) is 0 Å². The fourth-order valence-corrected chi connectivity index (χ4v) is 5.13. The Morgan fingerprint density at radius 2 is 1.79 bits per heavy atom. The Bertz CT molecular complexity index is 1140. The quantitative estimate of drug-likeness (QED) is 0.398. The maximum Gasteiger partial charge on any atom is 0.273 e. The van der Waals surface area contributed by atoms with E-state index in [1.54, 1.807) is 24.1 Å². The molecule has 10 heteroatoms. The highest BCUT2D eigenvalue weighted by atomic mass is 35.5. The topological polar surface area (TPSA) is 64.1 Å². The molecule has 34 heavy (non-hydrogen) atoms. The second kappa shape index (κ2) is 11.4. The summed E-state index contributed by atoms with van der Waals surface area (Å²) in [6.07, 6.45) is -1.24. The van der Waals surface area contributed by atoms with Gasteiger partial charge in [0.1, 0.15) is 17.4 Å². The Labute approximate surface area is 215 Å². The summed E-state index contributed by atoms with van der Waals surface area (Å²) < 4.78 is 18.4. The molecule has 4 rings (SSSR count). The average molecular weight is 526 g/mol. The lowest BCUT2D eigenvalue weighted by Crippen LogP contribution is -2.52. The van der Waals surface area contributed by atoms with Crippen LogP contribution in [0.1, 0.15) is 20.8 Å². The number of rotatable bonds is 8. The van der Waals surface area contributed by atoms with Gasteiger partial charge < -0.3 is 19.1 Å². The van der Waals surface area contributed by atoms with E-state index in [0.717, 1.165) is 17.8 Å². The molecule has 1 aromatic heterocycles. The zero-order valence-corrected chi connectivity index (χ0v) is 22.0. The zero-order valence-electron chi connectivity index (χ0n) is 19.6. The van der Waals surface area contributed by atoms with Crippen molar-refractivity contribution in [3.05, 3.63) is 41.4 Å². The van der Waals surface area contributed by atoms with Crippen LogP contribution in [0, 0.1) is 0 Å². The molecule has 1 aliphatic heterocycles. The molecule has 2 unspecified atom stereocenters. The highest BCUT2D eigenvalue weighted by molar-refractivity contribution is 7.23. The number of hydrogen-bond acceptors (Lipinski definition) is 7. The lowest BCUT2D eigenvalue weighted by Gasteiger charge is -2.34. The van der Waals surface area contributed by atoms with E-state index in [0.29, 0.717) is 46.0 Å². The average Bonchev–Trinajstić information content (AvgIpc) is 3.27. The highest BCUT2D eigenvalue weighted by Crippen LogP contribution is 2.40. The van der Waals surface area contributed by atoms with Gasteiger partial charge in [0.25, 0.3) is 5.91 Å². The van der Waals surface area contributed by atoms with Gasteiger partial charge in [0, 0.05) is 13.1 Å². The molecule has 0 spiro atoms. The van der Waals surface area contributed by atoms with Gasteiger partial charge in [0.05, 0.1) is 16.8 Å². The van der Waals surface area contributed by atoms with Crippen LogP contribution in [0.2, 0.25) is 5.02 Å². The number of ether oxygens (including phenoxy) is 3. The summed E-state index contributed by atoms with van der Waals surface area (Å²) in [6, 6.07) is 11.0. The third-order valence-electron chi connectivity index (χ3n) is 5.78. The molecule has 3 aromatic rings. The van der Waals surface area contributed by atoms with E-state index < -0.39 is 12.2 Å². The summed E-state index contributed by atoms with van der Waals surface area (Å²) in [6.45, 7) is 9.02. The molecule has 2 heterocycles. The molecule has 184 valence electrons. The normalized spacial score (nSPS) is 16.9. The second-order valence-corrected chi connectivity index (χ2v) is 9.13. The Balaban J connectivity index is 0.00000324. The molecule has 7 nitrogen and oxygen atoms in total. The number of carbonyl (C=O) groups excluding carboxylic acids is 1. The number of carbonyl (C=O) groups is 1. The first kappa shape index (κ1) is 26.3. The number of benzene rings is 2. The zero-order chi connectivity index (χ0) is 23.5. The van der Waals surface area contributed by atoms with Gasteiger partial charge in [0.15, 0.2) is 16.6 Å². The van der Waals surface area contributed by atoms with E-state index in [9.17, 15) is 4.79 Å². The van der Waals surface area contributed by atoms with Crippen molar-refractivity contribution in [1.29, 1.82) is 0 Å². The van der Waals surface area contributed by atoms with E-state index in [-0.39, 0.29) is 18.3 Å². The molecule has 0 fully saturated rings. The maximum absolute atomic E-state index is 13.8. The van der Waals surface area contributed by atoms with Crippen LogP contribution in [0.5, 0.6) is 17.2 Å². The molecule has 2 atom stereocenters. The molecule has 1 amide bonds. The summed E-state index contributed by atoms with van der Waals surface area (Å²) in [7, 11) is 1.59. The molecule has 0 saturated heterocycles. The fourth-order valence-electron chi connectivity index (χ4n) is 3.85. The summed E-state index contributed by atoms with van der Waals surface area (Å²) in [4.78, 5) is 22.5. The van der Waals surface area contributed by atoms with Crippen molar-refractivity contribution in [1.82, 2.24) is 9.88 Å². The van der Waals surface area contributed by atoms with Crippen molar-refractivity contribution in [2.24, 2.45) is 0 Å². The van der Waals surface area contributed by atoms with E-state index in [1.807, 2.05) is 31.2 Å². The van der Waals surface area contributed by atoms with E-state index in [2.05, 4.69) is 18.7 Å². The van der Waals surface area contributed by atoms with Crippen LogP contribution in [0.15, 0.2) is 36.4 Å². The van der Waals surface area contributed by atoms with Crippen LogP contribution in [-0.4, -0.2) is 61.3 Å². The number of hydrogen-bond donors (Lipinski definition) is 0. The monoisotopic (exact) mass is 525 g/mol. The predicted molar refractivity (Wildman–Crippen MR) is 140 cm³/mol. The third-order valence-corrected chi connectivity index (χ3v) is 7.32. The van der Waals surface area contributed by atoms with Crippen molar-refractivity contribution in [2.45, 2.75) is 33.0 Å². The lowest BCUT2D eigenvalue weighted by molar-refractivity contribution is -0.130. The standard InChI is InChI=1S/C24H28ClN3O4S.ClH/c1-5-27(6-2)13-14-28(24-26-20-19(30-4)12-11-16(25)22(20)33-24)23(29)21-15(3)31-17-9-7-8-10-18(17)32-21;/h7-12,15,21H,5-6,13-14H2,1-4H3;1H. The largest absolute Gasteiger partial charge is 0.494 e. The van der Waals surface area contributed by atoms with Crippen LogP contribution in [0.4, 0.5) is 5.13 Å². The summed E-state index contributed by atoms with van der Waals surface area (Å²) in [5, 5.41) is 1.13. The van der Waals surface area contributed by atoms with Crippen LogP contribution >= 0.6 is 35.3 Å². The number of nitrogens with zero attached hydrogens (tertiary/aromatic N) is 3. The summed E-state index contributed by atoms with van der Waals surface area (Å²) in [5.74, 6) is 1.62. The molecule has 2 aromatic carbocycles. The smallest absolute Gasteiger partial charge is 0.273 e. The molecule has 0 aliphatic carbocycles. The van der Waals surface area contributed by atoms with Gasteiger partial charge in [-0.05, 0) is 44.3 Å². The predicted octanol–water partition coefficient (Wildman–Crippen LogP) is 5.28. The van der Waals surface area contributed by atoms with Gasteiger partial charge in [-0.25, -0.2) is 4.98 Å². The highest BCUT2D eigenvalue weighted by Gasteiger charge is 2.38. The number of para-hydroxylation sites is 2. The Kier molecular flexibility index (Phi) is 8.87. The van der Waals surface area contributed by atoms with Gasteiger partial charge in [-0.3, -0.25) is 9.69 Å². The molecule has 0 radical (unpaired) electrons. The number of likely N-dealkylation sites (N-methyl/N-ethyl adjacent to an activating group) is 1. The van der Waals surface area contributed by atoms with Crippen LogP contribution in [0.25, 0.3) is 10.2 Å². The van der Waals surface area contributed by atoms with Crippen LogP contribution in [-0.2, 0) is 4.79 Å². The van der Waals surface area contributed by atoms with Gasteiger partial charge in [0.2, 0.25) is 6.10 Å². The molecule has 0 saturated carbocycles. The first-order valence-corrected chi connectivity index (χ1v) is 12.2. The third kappa shape index (κ3) is 5.20. The van der Waals surface area contributed by atoms with Gasteiger partial charge in [-0.1, -0.05) is 48.9 Å². The molecular weight excluding hydrogens is 497 g/mol. The van der Waals surface area contributed by atoms with Gasteiger partial charge >= 0.3 is 0 Å². The fraction of sp³-hybridized carbons (Fsp3) is 0.417. The van der Waals surface area contributed by atoms with E-state index in [4.69, 9.17) is 30.8 Å². The van der Waals surface area contributed by atoms with Crippen LogP contribution < -0.4 is 19.1 Å². The van der Waals surface area contributed by atoms with E-state index in [1.165, 1.54) is 11.3 Å².